The SMILES string of the molecule is CCOc1cccc(OCCCC(=O)NNC)c1. The number of hydrogen-bond acceptors (Lipinski definition) is 4. The first-order valence-electron chi connectivity index (χ1n) is 6.07. The molecular formula is C13H20N2O3. The van der Waals surface area contributed by atoms with Crippen LogP contribution in [0.4, 0.5) is 0 Å². The highest BCUT2D eigenvalue weighted by Gasteiger charge is 2.00. The Hall–Kier alpha value is -1.75. The van der Waals surface area contributed by atoms with E-state index in [0.717, 1.165) is 11.5 Å². The highest BCUT2D eigenvalue weighted by atomic mass is 16.5. The third kappa shape index (κ3) is 5.54. The van der Waals surface area contributed by atoms with Crippen molar-refractivity contribution in [2.45, 2.75) is 19.8 Å². The second kappa shape index (κ2) is 8.36. The Balaban J connectivity index is 2.26. The molecule has 5 heteroatoms. The molecule has 0 spiro atoms. The summed E-state index contributed by atoms with van der Waals surface area (Å²) in [5.74, 6) is 1.52. The second-order valence-electron chi connectivity index (χ2n) is 3.66. The molecule has 0 fully saturated rings. The van der Waals surface area contributed by atoms with Crippen molar-refractivity contribution in [2.75, 3.05) is 20.3 Å². The van der Waals surface area contributed by atoms with Crippen molar-refractivity contribution in [2.24, 2.45) is 0 Å². The fourth-order valence-corrected chi connectivity index (χ4v) is 1.45. The van der Waals surface area contributed by atoms with E-state index in [-0.39, 0.29) is 5.91 Å². The summed E-state index contributed by atoms with van der Waals surface area (Å²) in [7, 11) is 1.66. The number of hydrazine groups is 1. The van der Waals surface area contributed by atoms with Gasteiger partial charge in [0.25, 0.3) is 0 Å². The highest BCUT2D eigenvalue weighted by Crippen LogP contribution is 2.19. The largest absolute Gasteiger partial charge is 0.494 e. The predicted molar refractivity (Wildman–Crippen MR) is 69.5 cm³/mol. The van der Waals surface area contributed by atoms with E-state index in [2.05, 4.69) is 10.9 Å². The molecule has 0 aliphatic carbocycles. The Morgan fingerprint density at radius 3 is 2.67 bits per heavy atom. The van der Waals surface area contributed by atoms with Crippen LogP contribution >= 0.6 is 0 Å². The van der Waals surface area contributed by atoms with Crippen molar-refractivity contribution in [1.82, 2.24) is 10.9 Å². The normalized spacial score (nSPS) is 9.89. The van der Waals surface area contributed by atoms with Gasteiger partial charge in [0.15, 0.2) is 0 Å². The molecule has 18 heavy (non-hydrogen) atoms. The molecular weight excluding hydrogens is 232 g/mol. The van der Waals surface area contributed by atoms with Crippen LogP contribution in [0.2, 0.25) is 0 Å². The standard InChI is InChI=1S/C13H20N2O3/c1-3-17-11-6-4-7-12(10-11)18-9-5-8-13(16)15-14-2/h4,6-7,10,14H,3,5,8-9H2,1-2H3,(H,15,16). The van der Waals surface area contributed by atoms with Crippen LogP contribution in [0, 0.1) is 0 Å². The third-order valence-electron chi connectivity index (χ3n) is 2.20. The zero-order valence-corrected chi connectivity index (χ0v) is 10.9. The van der Waals surface area contributed by atoms with E-state index in [9.17, 15) is 4.79 Å². The molecule has 0 radical (unpaired) electrons. The van der Waals surface area contributed by atoms with E-state index in [0.29, 0.717) is 26.1 Å². The van der Waals surface area contributed by atoms with Gasteiger partial charge in [0.2, 0.25) is 5.91 Å². The number of benzene rings is 1. The molecule has 2 N–H and O–H groups in total. The van der Waals surface area contributed by atoms with Crippen LogP contribution in [0.25, 0.3) is 0 Å². The zero-order valence-electron chi connectivity index (χ0n) is 10.9. The molecule has 0 saturated carbocycles. The Morgan fingerprint density at radius 1 is 1.28 bits per heavy atom. The predicted octanol–water partition coefficient (Wildman–Crippen LogP) is 1.49. The lowest BCUT2D eigenvalue weighted by Gasteiger charge is -2.08. The second-order valence-corrected chi connectivity index (χ2v) is 3.66. The molecule has 0 unspecified atom stereocenters. The molecule has 0 atom stereocenters. The van der Waals surface area contributed by atoms with Gasteiger partial charge in [-0.1, -0.05) is 6.07 Å². The van der Waals surface area contributed by atoms with Gasteiger partial charge in [-0.3, -0.25) is 10.2 Å². The Morgan fingerprint density at radius 2 is 2.00 bits per heavy atom. The van der Waals surface area contributed by atoms with Gasteiger partial charge >= 0.3 is 0 Å². The number of nitrogens with one attached hydrogen (secondary N) is 2. The van der Waals surface area contributed by atoms with Crippen molar-refractivity contribution in [3.63, 3.8) is 0 Å². The lowest BCUT2D eigenvalue weighted by molar-refractivity contribution is -0.122. The topological polar surface area (TPSA) is 59.6 Å². The molecule has 0 bridgehead atoms. The number of hydrogen-bond donors (Lipinski definition) is 2. The monoisotopic (exact) mass is 252 g/mol. The molecule has 100 valence electrons. The number of carbonyl (C=O) groups is 1. The van der Waals surface area contributed by atoms with Gasteiger partial charge in [-0.25, -0.2) is 5.43 Å². The van der Waals surface area contributed by atoms with Gasteiger partial charge in [0.1, 0.15) is 11.5 Å². The number of carbonyl (C=O) groups excluding carboxylic acids is 1. The van der Waals surface area contributed by atoms with Gasteiger partial charge < -0.3 is 9.47 Å². The van der Waals surface area contributed by atoms with Gasteiger partial charge in [-0.05, 0) is 25.5 Å². The van der Waals surface area contributed by atoms with Crippen molar-refractivity contribution in [3.05, 3.63) is 24.3 Å². The van der Waals surface area contributed by atoms with E-state index < -0.39 is 0 Å². The minimum Gasteiger partial charge on any atom is -0.494 e. The van der Waals surface area contributed by atoms with E-state index in [1.54, 1.807) is 7.05 Å². The number of amides is 1. The van der Waals surface area contributed by atoms with Crippen molar-refractivity contribution in [1.29, 1.82) is 0 Å². The maximum absolute atomic E-state index is 11.1. The lowest BCUT2D eigenvalue weighted by Crippen LogP contribution is -2.34. The van der Waals surface area contributed by atoms with Gasteiger partial charge in [0.05, 0.1) is 13.2 Å². The zero-order chi connectivity index (χ0) is 13.2. The molecule has 0 aliphatic heterocycles. The van der Waals surface area contributed by atoms with Gasteiger partial charge in [-0.2, -0.15) is 0 Å². The molecule has 0 heterocycles. The summed E-state index contributed by atoms with van der Waals surface area (Å²) < 4.78 is 10.9. The molecule has 1 rings (SSSR count). The molecule has 5 nitrogen and oxygen atoms in total. The molecule has 0 aliphatic rings. The summed E-state index contributed by atoms with van der Waals surface area (Å²) in [4.78, 5) is 11.1. The molecule has 1 amide bonds. The fourth-order valence-electron chi connectivity index (χ4n) is 1.45. The van der Waals surface area contributed by atoms with Crippen LogP contribution < -0.4 is 20.3 Å². The first-order chi connectivity index (χ1) is 8.76. The van der Waals surface area contributed by atoms with Crippen molar-refractivity contribution < 1.29 is 14.3 Å². The smallest absolute Gasteiger partial charge is 0.234 e. The minimum absolute atomic E-state index is 0.0378. The van der Waals surface area contributed by atoms with E-state index in [1.807, 2.05) is 31.2 Å². The third-order valence-corrected chi connectivity index (χ3v) is 2.20. The van der Waals surface area contributed by atoms with E-state index in [4.69, 9.17) is 9.47 Å². The first-order valence-corrected chi connectivity index (χ1v) is 6.07. The highest BCUT2D eigenvalue weighted by molar-refractivity contribution is 5.75. The van der Waals surface area contributed by atoms with Crippen LogP contribution in [0.5, 0.6) is 11.5 Å². The first kappa shape index (κ1) is 14.3. The van der Waals surface area contributed by atoms with Crippen LogP contribution in [0.1, 0.15) is 19.8 Å². The minimum atomic E-state index is -0.0378. The fraction of sp³-hybridized carbons (Fsp3) is 0.462. The van der Waals surface area contributed by atoms with Gasteiger partial charge in [-0.15, -0.1) is 0 Å². The summed E-state index contributed by atoms with van der Waals surface area (Å²) in [5, 5.41) is 0. The lowest BCUT2D eigenvalue weighted by atomic mass is 10.3. The molecule has 0 saturated heterocycles. The van der Waals surface area contributed by atoms with Crippen LogP contribution in [0.3, 0.4) is 0 Å². The molecule has 1 aromatic carbocycles. The summed E-state index contributed by atoms with van der Waals surface area (Å²) in [5.41, 5.74) is 5.10. The summed E-state index contributed by atoms with van der Waals surface area (Å²) in [6.07, 6.45) is 1.11. The summed E-state index contributed by atoms with van der Waals surface area (Å²) in [6.45, 7) is 3.08. The van der Waals surface area contributed by atoms with Crippen LogP contribution in [-0.4, -0.2) is 26.2 Å². The number of ether oxygens (including phenoxy) is 2. The molecule has 0 aromatic heterocycles. The van der Waals surface area contributed by atoms with Crippen LogP contribution in [0.15, 0.2) is 24.3 Å². The van der Waals surface area contributed by atoms with Gasteiger partial charge in [0, 0.05) is 19.5 Å². The Kier molecular flexibility index (Phi) is 6.64. The Bertz CT molecular complexity index is 369. The van der Waals surface area contributed by atoms with E-state index >= 15 is 0 Å². The quantitative estimate of drug-likeness (QED) is 0.543. The summed E-state index contributed by atoms with van der Waals surface area (Å²) in [6, 6.07) is 7.48. The van der Waals surface area contributed by atoms with Crippen molar-refractivity contribution in [3.8, 4) is 11.5 Å². The van der Waals surface area contributed by atoms with Crippen LogP contribution in [-0.2, 0) is 4.79 Å². The maximum Gasteiger partial charge on any atom is 0.234 e. The average molecular weight is 252 g/mol. The Labute approximate surface area is 107 Å². The molecule has 1 aromatic rings. The van der Waals surface area contributed by atoms with E-state index in [1.165, 1.54) is 0 Å². The maximum atomic E-state index is 11.1. The number of rotatable bonds is 8. The van der Waals surface area contributed by atoms with Crippen molar-refractivity contribution >= 4 is 5.91 Å². The average Bonchev–Trinajstić information content (AvgIpc) is 2.36. The summed E-state index contributed by atoms with van der Waals surface area (Å²) >= 11 is 0.